The van der Waals surface area contributed by atoms with Gasteiger partial charge in [0, 0.05) is 12.6 Å². The number of rotatable bonds is 6. The van der Waals surface area contributed by atoms with E-state index in [1.807, 2.05) is 6.92 Å². The summed E-state index contributed by atoms with van der Waals surface area (Å²) in [7, 11) is 0. The van der Waals surface area contributed by atoms with Gasteiger partial charge in [-0.05, 0) is 37.7 Å². The molecule has 0 aliphatic heterocycles. The molecule has 1 aromatic rings. The molecular formula is C14H21NO. The standard InChI is InChI=1S/C14H21NO/c1-11(16)10-15-14(13-7-8-13)9-12-5-3-2-4-6-12/h2-6,11,13-16H,7-10H2,1H3. The molecule has 0 radical (unpaired) electrons. The molecule has 2 rings (SSSR count). The summed E-state index contributed by atoms with van der Waals surface area (Å²) in [5, 5.41) is 12.8. The van der Waals surface area contributed by atoms with E-state index in [1.54, 1.807) is 0 Å². The minimum Gasteiger partial charge on any atom is -0.392 e. The van der Waals surface area contributed by atoms with Gasteiger partial charge < -0.3 is 10.4 Å². The van der Waals surface area contributed by atoms with Crippen LogP contribution >= 0.6 is 0 Å². The van der Waals surface area contributed by atoms with Gasteiger partial charge in [0.15, 0.2) is 0 Å². The molecule has 2 atom stereocenters. The minimum atomic E-state index is -0.253. The largest absolute Gasteiger partial charge is 0.392 e. The van der Waals surface area contributed by atoms with Crippen molar-refractivity contribution in [3.05, 3.63) is 35.9 Å². The van der Waals surface area contributed by atoms with Gasteiger partial charge in [-0.2, -0.15) is 0 Å². The fourth-order valence-electron chi connectivity index (χ4n) is 2.09. The molecule has 0 amide bonds. The van der Waals surface area contributed by atoms with Gasteiger partial charge in [-0.1, -0.05) is 30.3 Å². The van der Waals surface area contributed by atoms with Crippen LogP contribution in [0.3, 0.4) is 0 Å². The second-order valence-corrected chi connectivity index (χ2v) is 4.89. The molecule has 1 saturated carbocycles. The zero-order chi connectivity index (χ0) is 11.4. The molecule has 1 aliphatic carbocycles. The maximum Gasteiger partial charge on any atom is 0.0636 e. The van der Waals surface area contributed by atoms with Crippen molar-refractivity contribution < 1.29 is 5.11 Å². The summed E-state index contributed by atoms with van der Waals surface area (Å²) < 4.78 is 0. The van der Waals surface area contributed by atoms with E-state index < -0.39 is 0 Å². The lowest BCUT2D eigenvalue weighted by Gasteiger charge is -2.19. The van der Waals surface area contributed by atoms with Gasteiger partial charge >= 0.3 is 0 Å². The quantitative estimate of drug-likeness (QED) is 0.767. The van der Waals surface area contributed by atoms with Crippen LogP contribution in [0.15, 0.2) is 30.3 Å². The van der Waals surface area contributed by atoms with Crippen LogP contribution in [0.4, 0.5) is 0 Å². The average Bonchev–Trinajstić information content (AvgIpc) is 3.09. The third-order valence-electron chi connectivity index (χ3n) is 3.16. The van der Waals surface area contributed by atoms with Gasteiger partial charge in [-0.25, -0.2) is 0 Å². The predicted molar refractivity (Wildman–Crippen MR) is 66.3 cm³/mol. The third kappa shape index (κ3) is 3.62. The summed E-state index contributed by atoms with van der Waals surface area (Å²) in [5.74, 6) is 0.818. The average molecular weight is 219 g/mol. The SMILES string of the molecule is CC(O)CNC(Cc1ccccc1)C1CC1. The normalized spacial score (nSPS) is 19.4. The number of hydrogen-bond donors (Lipinski definition) is 2. The van der Waals surface area contributed by atoms with Crippen LogP contribution in [0.2, 0.25) is 0 Å². The molecular weight excluding hydrogens is 198 g/mol. The molecule has 88 valence electrons. The van der Waals surface area contributed by atoms with E-state index in [1.165, 1.54) is 18.4 Å². The van der Waals surface area contributed by atoms with Gasteiger partial charge in [-0.15, -0.1) is 0 Å². The third-order valence-corrected chi connectivity index (χ3v) is 3.16. The Kier molecular flexibility index (Phi) is 3.97. The van der Waals surface area contributed by atoms with Crippen LogP contribution in [-0.4, -0.2) is 23.8 Å². The van der Waals surface area contributed by atoms with Gasteiger partial charge in [-0.3, -0.25) is 0 Å². The van der Waals surface area contributed by atoms with E-state index in [-0.39, 0.29) is 6.10 Å². The minimum absolute atomic E-state index is 0.253. The van der Waals surface area contributed by atoms with Crippen LogP contribution in [0.5, 0.6) is 0 Å². The Morgan fingerprint density at radius 1 is 1.31 bits per heavy atom. The molecule has 2 nitrogen and oxygen atoms in total. The number of nitrogens with one attached hydrogen (secondary N) is 1. The molecule has 0 aromatic heterocycles. The highest BCUT2D eigenvalue weighted by atomic mass is 16.3. The maximum atomic E-state index is 9.31. The highest BCUT2D eigenvalue weighted by Crippen LogP contribution is 2.34. The van der Waals surface area contributed by atoms with Gasteiger partial charge in [0.25, 0.3) is 0 Å². The van der Waals surface area contributed by atoms with Crippen LogP contribution in [-0.2, 0) is 6.42 Å². The van der Waals surface area contributed by atoms with Crippen LogP contribution in [0.25, 0.3) is 0 Å². The van der Waals surface area contributed by atoms with Crippen molar-refractivity contribution in [2.75, 3.05) is 6.54 Å². The number of hydrogen-bond acceptors (Lipinski definition) is 2. The fourth-order valence-corrected chi connectivity index (χ4v) is 2.09. The molecule has 0 bridgehead atoms. The van der Waals surface area contributed by atoms with E-state index in [0.29, 0.717) is 12.6 Å². The Bertz CT molecular complexity index is 306. The molecule has 0 saturated heterocycles. The molecule has 1 aromatic carbocycles. The molecule has 16 heavy (non-hydrogen) atoms. The molecule has 2 N–H and O–H groups in total. The van der Waals surface area contributed by atoms with Crippen molar-refractivity contribution in [2.45, 2.75) is 38.3 Å². The zero-order valence-corrected chi connectivity index (χ0v) is 9.89. The topological polar surface area (TPSA) is 32.3 Å². The molecule has 2 unspecified atom stereocenters. The van der Waals surface area contributed by atoms with Crippen molar-refractivity contribution in [3.8, 4) is 0 Å². The highest BCUT2D eigenvalue weighted by molar-refractivity contribution is 5.16. The summed E-state index contributed by atoms with van der Waals surface area (Å²) in [5.41, 5.74) is 1.39. The zero-order valence-electron chi connectivity index (χ0n) is 9.89. The summed E-state index contributed by atoms with van der Waals surface area (Å²) in [6.07, 6.45) is 3.50. The Labute approximate surface area is 97.7 Å². The molecule has 1 fully saturated rings. The Morgan fingerprint density at radius 2 is 2.00 bits per heavy atom. The molecule has 0 spiro atoms. The van der Waals surface area contributed by atoms with Crippen molar-refractivity contribution in [1.82, 2.24) is 5.32 Å². The highest BCUT2D eigenvalue weighted by Gasteiger charge is 2.30. The lowest BCUT2D eigenvalue weighted by molar-refractivity contribution is 0.184. The number of aliphatic hydroxyl groups is 1. The van der Waals surface area contributed by atoms with Gasteiger partial charge in [0.1, 0.15) is 0 Å². The van der Waals surface area contributed by atoms with E-state index in [0.717, 1.165) is 12.3 Å². The first-order chi connectivity index (χ1) is 7.75. The van der Waals surface area contributed by atoms with Crippen LogP contribution in [0, 0.1) is 5.92 Å². The van der Waals surface area contributed by atoms with Crippen molar-refractivity contribution in [1.29, 1.82) is 0 Å². The summed E-state index contributed by atoms with van der Waals surface area (Å²) >= 11 is 0. The smallest absolute Gasteiger partial charge is 0.0636 e. The molecule has 0 heterocycles. The van der Waals surface area contributed by atoms with Crippen molar-refractivity contribution in [3.63, 3.8) is 0 Å². The fraction of sp³-hybridized carbons (Fsp3) is 0.571. The Morgan fingerprint density at radius 3 is 2.56 bits per heavy atom. The maximum absolute atomic E-state index is 9.31. The molecule has 2 heteroatoms. The predicted octanol–water partition coefficient (Wildman–Crippen LogP) is 1.98. The Hall–Kier alpha value is -0.860. The second kappa shape index (κ2) is 5.46. The van der Waals surface area contributed by atoms with Crippen LogP contribution in [0.1, 0.15) is 25.3 Å². The van der Waals surface area contributed by atoms with E-state index in [4.69, 9.17) is 0 Å². The summed E-state index contributed by atoms with van der Waals surface area (Å²) in [6.45, 7) is 2.54. The first kappa shape index (κ1) is 11.6. The first-order valence-electron chi connectivity index (χ1n) is 6.21. The number of benzene rings is 1. The monoisotopic (exact) mass is 219 g/mol. The summed E-state index contributed by atoms with van der Waals surface area (Å²) in [4.78, 5) is 0. The first-order valence-corrected chi connectivity index (χ1v) is 6.21. The van der Waals surface area contributed by atoms with Gasteiger partial charge in [0.05, 0.1) is 6.10 Å². The van der Waals surface area contributed by atoms with E-state index in [2.05, 4.69) is 35.6 Å². The Balaban J connectivity index is 1.87. The van der Waals surface area contributed by atoms with E-state index >= 15 is 0 Å². The lowest BCUT2D eigenvalue weighted by Crippen LogP contribution is -2.37. The summed E-state index contributed by atoms with van der Waals surface area (Å²) in [6, 6.07) is 11.1. The van der Waals surface area contributed by atoms with Crippen molar-refractivity contribution >= 4 is 0 Å². The molecule has 1 aliphatic rings. The number of aliphatic hydroxyl groups excluding tert-OH is 1. The van der Waals surface area contributed by atoms with E-state index in [9.17, 15) is 5.11 Å². The van der Waals surface area contributed by atoms with Crippen molar-refractivity contribution in [2.24, 2.45) is 5.92 Å². The lowest BCUT2D eigenvalue weighted by atomic mass is 10.0. The second-order valence-electron chi connectivity index (χ2n) is 4.89. The van der Waals surface area contributed by atoms with Gasteiger partial charge in [0.2, 0.25) is 0 Å². The van der Waals surface area contributed by atoms with Crippen LogP contribution < -0.4 is 5.32 Å².